The number of aromatic nitrogens is 2. The van der Waals surface area contributed by atoms with Crippen molar-refractivity contribution in [1.29, 1.82) is 0 Å². The van der Waals surface area contributed by atoms with Crippen molar-refractivity contribution in [2.24, 2.45) is 0 Å². The van der Waals surface area contributed by atoms with Gasteiger partial charge in [0.1, 0.15) is 11.2 Å². The van der Waals surface area contributed by atoms with Crippen LogP contribution in [0.3, 0.4) is 0 Å². The molecule has 3 nitrogen and oxygen atoms in total. The molecule has 6 heteroatoms. The van der Waals surface area contributed by atoms with Crippen LogP contribution in [0.15, 0.2) is 12.4 Å². The highest BCUT2D eigenvalue weighted by Gasteiger charge is 2.66. The maximum absolute atomic E-state index is 12.5. The van der Waals surface area contributed by atoms with Gasteiger partial charge in [-0.25, -0.2) is 9.97 Å². The minimum Gasteiger partial charge on any atom is -0.505 e. The molecular weight excluding hydrogens is 197 g/mol. The Morgan fingerprint density at radius 1 is 1.21 bits per heavy atom. The van der Waals surface area contributed by atoms with Crippen LogP contribution in [0.2, 0.25) is 0 Å². The van der Waals surface area contributed by atoms with E-state index < -0.39 is 11.6 Å². The van der Waals surface area contributed by atoms with E-state index in [2.05, 4.69) is 9.97 Å². The van der Waals surface area contributed by atoms with Gasteiger partial charge in [0.25, 0.3) is 0 Å². The van der Waals surface area contributed by atoms with Crippen LogP contribution in [0, 0.1) is 0 Å². The zero-order chi connectivity index (χ0) is 10.4. The van der Waals surface area contributed by atoms with Crippen molar-refractivity contribution in [2.75, 3.05) is 0 Å². The molecule has 1 aliphatic carbocycles. The summed E-state index contributed by atoms with van der Waals surface area (Å²) in [4.78, 5) is 7.00. The molecule has 0 saturated heterocycles. The molecule has 1 aromatic heterocycles. The van der Waals surface area contributed by atoms with Gasteiger partial charge >= 0.3 is 6.18 Å². The molecule has 0 aliphatic heterocycles. The van der Waals surface area contributed by atoms with E-state index in [9.17, 15) is 13.2 Å². The quantitative estimate of drug-likeness (QED) is 0.758. The number of hydrogen-bond acceptors (Lipinski definition) is 3. The van der Waals surface area contributed by atoms with Crippen molar-refractivity contribution in [3.63, 3.8) is 0 Å². The second kappa shape index (κ2) is 2.59. The molecule has 14 heavy (non-hydrogen) atoms. The average molecular weight is 204 g/mol. The minimum atomic E-state index is -4.30. The van der Waals surface area contributed by atoms with Crippen LogP contribution in [0.1, 0.15) is 18.7 Å². The van der Waals surface area contributed by atoms with Crippen LogP contribution in [0.25, 0.3) is 0 Å². The zero-order valence-electron chi connectivity index (χ0n) is 7.04. The molecule has 0 spiro atoms. The Morgan fingerprint density at radius 2 is 1.71 bits per heavy atom. The third kappa shape index (κ3) is 1.21. The van der Waals surface area contributed by atoms with Crippen LogP contribution in [-0.4, -0.2) is 21.3 Å². The van der Waals surface area contributed by atoms with Crippen LogP contribution in [-0.2, 0) is 5.41 Å². The summed E-state index contributed by atoms with van der Waals surface area (Å²) in [6.45, 7) is 0. The van der Waals surface area contributed by atoms with Crippen molar-refractivity contribution >= 4 is 0 Å². The van der Waals surface area contributed by atoms with E-state index in [1.54, 1.807) is 0 Å². The molecular formula is C8H7F3N2O. The predicted molar refractivity (Wildman–Crippen MR) is 40.7 cm³/mol. The largest absolute Gasteiger partial charge is 0.505 e. The molecule has 0 aromatic carbocycles. The van der Waals surface area contributed by atoms with Crippen LogP contribution < -0.4 is 0 Å². The highest BCUT2D eigenvalue weighted by Crippen LogP contribution is 2.57. The monoisotopic (exact) mass is 204 g/mol. The van der Waals surface area contributed by atoms with Gasteiger partial charge in [0.05, 0.1) is 12.4 Å². The van der Waals surface area contributed by atoms with Gasteiger partial charge in [0, 0.05) is 0 Å². The van der Waals surface area contributed by atoms with Gasteiger partial charge < -0.3 is 5.11 Å². The Hall–Kier alpha value is -1.33. The fraction of sp³-hybridized carbons (Fsp3) is 0.500. The van der Waals surface area contributed by atoms with Crippen molar-refractivity contribution in [3.05, 3.63) is 18.2 Å². The fourth-order valence-corrected chi connectivity index (χ4v) is 1.33. The number of aromatic hydroxyl groups is 1. The molecule has 0 unspecified atom stereocenters. The predicted octanol–water partition coefficient (Wildman–Crippen LogP) is 1.78. The van der Waals surface area contributed by atoms with Crippen molar-refractivity contribution in [1.82, 2.24) is 9.97 Å². The lowest BCUT2D eigenvalue weighted by Gasteiger charge is -2.16. The van der Waals surface area contributed by atoms with Gasteiger partial charge in [-0.05, 0) is 12.8 Å². The molecule has 1 N–H and O–H groups in total. The molecule has 2 rings (SSSR count). The number of nitrogens with zero attached hydrogens (tertiary/aromatic N) is 2. The highest BCUT2D eigenvalue weighted by atomic mass is 19.4. The number of rotatable bonds is 1. The first kappa shape index (κ1) is 9.23. The second-order valence-corrected chi connectivity index (χ2v) is 3.34. The smallest absolute Gasteiger partial charge is 0.401 e. The third-order valence-electron chi connectivity index (χ3n) is 2.36. The second-order valence-electron chi connectivity index (χ2n) is 3.34. The molecule has 1 fully saturated rings. The summed E-state index contributed by atoms with van der Waals surface area (Å²) in [5.41, 5.74) is -1.86. The maximum atomic E-state index is 12.5. The fourth-order valence-electron chi connectivity index (χ4n) is 1.33. The Labute approximate surface area is 77.6 Å². The molecule has 1 aliphatic rings. The first-order valence-corrected chi connectivity index (χ1v) is 4.04. The van der Waals surface area contributed by atoms with Gasteiger partial charge in [0.2, 0.25) is 0 Å². The summed E-state index contributed by atoms with van der Waals surface area (Å²) in [7, 11) is 0. The van der Waals surface area contributed by atoms with E-state index in [-0.39, 0.29) is 24.4 Å². The SMILES string of the molecule is Oc1cnc(C2(C(F)(F)F)CC2)nc1. The molecule has 1 aromatic rings. The summed E-state index contributed by atoms with van der Waals surface area (Å²) in [6, 6.07) is 0. The summed E-state index contributed by atoms with van der Waals surface area (Å²) < 4.78 is 37.6. The van der Waals surface area contributed by atoms with Crippen molar-refractivity contribution in [3.8, 4) is 5.75 Å². The molecule has 1 heterocycles. The van der Waals surface area contributed by atoms with Crippen LogP contribution in [0.5, 0.6) is 5.75 Å². The van der Waals surface area contributed by atoms with Gasteiger partial charge in [-0.15, -0.1) is 0 Å². The first-order valence-electron chi connectivity index (χ1n) is 4.04. The lowest BCUT2D eigenvalue weighted by atomic mass is 10.1. The Balaban J connectivity index is 2.36. The van der Waals surface area contributed by atoms with E-state index in [1.807, 2.05) is 0 Å². The molecule has 0 atom stereocenters. The summed E-state index contributed by atoms with van der Waals surface area (Å²) in [6.07, 6.45) is -2.28. The number of hydrogen-bond donors (Lipinski definition) is 1. The lowest BCUT2D eigenvalue weighted by Crippen LogP contribution is -2.30. The van der Waals surface area contributed by atoms with E-state index in [1.165, 1.54) is 0 Å². The summed E-state index contributed by atoms with van der Waals surface area (Å²) in [5, 5.41) is 8.84. The molecule has 0 bridgehead atoms. The van der Waals surface area contributed by atoms with Crippen LogP contribution >= 0.6 is 0 Å². The number of alkyl halides is 3. The molecule has 0 amide bonds. The van der Waals surface area contributed by atoms with Gasteiger partial charge in [-0.2, -0.15) is 13.2 Å². The molecule has 0 radical (unpaired) electrons. The lowest BCUT2D eigenvalue weighted by molar-refractivity contribution is -0.162. The normalized spacial score (nSPS) is 19.4. The van der Waals surface area contributed by atoms with Gasteiger partial charge in [-0.1, -0.05) is 0 Å². The van der Waals surface area contributed by atoms with E-state index in [0.29, 0.717) is 0 Å². The number of halogens is 3. The highest BCUT2D eigenvalue weighted by molar-refractivity contribution is 5.23. The molecule has 1 saturated carbocycles. The van der Waals surface area contributed by atoms with E-state index in [4.69, 9.17) is 5.11 Å². The Bertz CT molecular complexity index is 343. The maximum Gasteiger partial charge on any atom is 0.401 e. The average Bonchev–Trinajstić information content (AvgIpc) is 2.84. The molecule has 76 valence electrons. The topological polar surface area (TPSA) is 46.0 Å². The third-order valence-corrected chi connectivity index (χ3v) is 2.36. The Morgan fingerprint density at radius 3 is 2.07 bits per heavy atom. The van der Waals surface area contributed by atoms with Gasteiger partial charge in [0.15, 0.2) is 5.75 Å². The van der Waals surface area contributed by atoms with Crippen molar-refractivity contribution in [2.45, 2.75) is 24.4 Å². The van der Waals surface area contributed by atoms with Gasteiger partial charge in [-0.3, -0.25) is 0 Å². The zero-order valence-corrected chi connectivity index (χ0v) is 7.04. The van der Waals surface area contributed by atoms with Crippen LogP contribution in [0.4, 0.5) is 13.2 Å². The van der Waals surface area contributed by atoms with Crippen molar-refractivity contribution < 1.29 is 18.3 Å². The summed E-state index contributed by atoms with van der Waals surface area (Å²) >= 11 is 0. The standard InChI is InChI=1S/C8H7F3N2O/c9-8(10,11)7(1-2-7)6-12-3-5(14)4-13-6/h3-4,14H,1-2H2. The summed E-state index contributed by atoms with van der Waals surface area (Å²) in [5.74, 6) is -0.477. The minimum absolute atomic E-state index is 0.0290. The first-order chi connectivity index (χ1) is 6.46. The van der Waals surface area contributed by atoms with E-state index >= 15 is 0 Å². The Kier molecular flexibility index (Phi) is 1.71. The van der Waals surface area contributed by atoms with E-state index in [0.717, 1.165) is 12.4 Å².